The lowest BCUT2D eigenvalue weighted by molar-refractivity contribution is 1.14. The Morgan fingerprint density at radius 1 is 1.40 bits per heavy atom. The van der Waals surface area contributed by atoms with Crippen LogP contribution in [0.4, 0.5) is 0 Å². The molecule has 0 atom stereocenters. The minimum absolute atomic E-state index is 0.506. The summed E-state index contributed by atoms with van der Waals surface area (Å²) in [4.78, 5) is 0. The van der Waals surface area contributed by atoms with E-state index in [4.69, 9.17) is 0 Å². The highest BCUT2D eigenvalue weighted by molar-refractivity contribution is 6.65. The van der Waals surface area contributed by atoms with Crippen LogP contribution in [0.5, 0.6) is 0 Å². The molecule has 0 bridgehead atoms. The summed E-state index contributed by atoms with van der Waals surface area (Å²) in [7, 11) is -0.506. The zero-order valence-corrected chi connectivity index (χ0v) is 8.30. The first-order valence-corrected chi connectivity index (χ1v) is 7.03. The summed E-state index contributed by atoms with van der Waals surface area (Å²) < 4.78 is 0. The molecule has 0 fully saturated rings. The summed E-state index contributed by atoms with van der Waals surface area (Å²) in [6, 6.07) is 0. The molecule has 0 saturated carbocycles. The van der Waals surface area contributed by atoms with Gasteiger partial charge in [-0.1, -0.05) is 42.9 Å². The van der Waals surface area contributed by atoms with Gasteiger partial charge in [-0.05, 0) is 12.8 Å². The molecule has 1 aliphatic rings. The van der Waals surface area contributed by atoms with Gasteiger partial charge in [0.2, 0.25) is 0 Å². The fourth-order valence-electron chi connectivity index (χ4n) is 1.53. The van der Waals surface area contributed by atoms with Crippen LogP contribution in [0.1, 0.15) is 19.8 Å². The predicted molar refractivity (Wildman–Crippen MR) is 50.0 cm³/mol. The van der Waals surface area contributed by atoms with Crippen molar-refractivity contribution < 1.29 is 0 Å². The van der Waals surface area contributed by atoms with E-state index >= 15 is 0 Å². The zero-order chi connectivity index (χ0) is 7.56. The van der Waals surface area contributed by atoms with E-state index in [1.165, 1.54) is 12.8 Å². The minimum atomic E-state index is -0.506. The Balaban J connectivity index is 2.69. The molecule has 0 amide bonds. The lowest BCUT2D eigenvalue weighted by atomic mass is 10.2. The van der Waals surface area contributed by atoms with Gasteiger partial charge in [0.1, 0.15) is 0 Å². The summed E-state index contributed by atoms with van der Waals surface area (Å²) in [5.74, 6) is 0. The molecular formula is C9H16Si. The van der Waals surface area contributed by atoms with Crippen molar-refractivity contribution in [1.82, 2.24) is 0 Å². The summed E-state index contributed by atoms with van der Waals surface area (Å²) in [6.07, 6.45) is 7.22. The number of hydrogen-bond donors (Lipinski definition) is 0. The molecule has 1 heteroatoms. The van der Waals surface area contributed by atoms with Crippen molar-refractivity contribution in [2.45, 2.75) is 32.9 Å². The van der Waals surface area contributed by atoms with Gasteiger partial charge in [0, 0.05) is 0 Å². The van der Waals surface area contributed by atoms with Crippen LogP contribution in [-0.2, 0) is 0 Å². The van der Waals surface area contributed by atoms with Gasteiger partial charge in [0.05, 0.1) is 8.80 Å². The SMILES string of the molecule is CCC1=CCC=C1[SiH](C)C. The number of allylic oxidation sites excluding steroid dienone is 4. The highest BCUT2D eigenvalue weighted by Crippen LogP contribution is 2.23. The molecule has 0 aromatic rings. The number of rotatable bonds is 2. The van der Waals surface area contributed by atoms with Gasteiger partial charge in [-0.3, -0.25) is 0 Å². The van der Waals surface area contributed by atoms with Crippen LogP contribution in [-0.4, -0.2) is 8.80 Å². The van der Waals surface area contributed by atoms with Crippen LogP contribution >= 0.6 is 0 Å². The van der Waals surface area contributed by atoms with Crippen LogP contribution in [0.25, 0.3) is 0 Å². The third kappa shape index (κ3) is 1.40. The average Bonchev–Trinajstić information content (AvgIpc) is 2.33. The van der Waals surface area contributed by atoms with E-state index in [1.807, 2.05) is 0 Å². The molecule has 1 aliphatic carbocycles. The average molecular weight is 152 g/mol. The molecule has 0 nitrogen and oxygen atoms in total. The standard InChI is InChI=1S/C9H16Si/c1-4-8-6-5-7-9(8)10(2)3/h6-7,10H,4-5H2,1-3H3. The van der Waals surface area contributed by atoms with Crippen LogP contribution in [0, 0.1) is 0 Å². The maximum Gasteiger partial charge on any atom is 0.0646 e. The van der Waals surface area contributed by atoms with E-state index in [9.17, 15) is 0 Å². The normalized spacial score (nSPS) is 17.6. The molecule has 0 radical (unpaired) electrons. The number of hydrogen-bond acceptors (Lipinski definition) is 0. The quantitative estimate of drug-likeness (QED) is 0.534. The highest BCUT2D eigenvalue weighted by atomic mass is 28.3. The summed E-state index contributed by atoms with van der Waals surface area (Å²) in [6.45, 7) is 7.06. The van der Waals surface area contributed by atoms with Gasteiger partial charge in [-0.2, -0.15) is 0 Å². The lowest BCUT2D eigenvalue weighted by Crippen LogP contribution is -2.05. The third-order valence-corrected chi connectivity index (χ3v) is 3.93. The summed E-state index contributed by atoms with van der Waals surface area (Å²) in [5.41, 5.74) is 1.63. The Morgan fingerprint density at radius 3 is 2.50 bits per heavy atom. The Kier molecular flexibility index (Phi) is 2.49. The fourth-order valence-corrected chi connectivity index (χ4v) is 3.20. The molecule has 0 aromatic carbocycles. The van der Waals surface area contributed by atoms with E-state index in [0.29, 0.717) is 0 Å². The Morgan fingerprint density at radius 2 is 2.10 bits per heavy atom. The second kappa shape index (κ2) is 3.20. The predicted octanol–water partition coefficient (Wildman–Crippen LogP) is 2.68. The molecular weight excluding hydrogens is 136 g/mol. The van der Waals surface area contributed by atoms with Crippen LogP contribution in [0.3, 0.4) is 0 Å². The molecule has 1 rings (SSSR count). The maximum atomic E-state index is 2.41. The first kappa shape index (κ1) is 7.80. The second-order valence-electron chi connectivity index (χ2n) is 3.13. The van der Waals surface area contributed by atoms with Gasteiger partial charge in [0.15, 0.2) is 0 Å². The monoisotopic (exact) mass is 152 g/mol. The van der Waals surface area contributed by atoms with Gasteiger partial charge in [0.25, 0.3) is 0 Å². The molecule has 0 N–H and O–H groups in total. The summed E-state index contributed by atoms with van der Waals surface area (Å²) in [5, 5.41) is 1.71. The van der Waals surface area contributed by atoms with E-state index in [1.54, 1.807) is 10.8 Å². The van der Waals surface area contributed by atoms with Crippen LogP contribution < -0.4 is 0 Å². The van der Waals surface area contributed by atoms with Crippen LogP contribution in [0.15, 0.2) is 22.9 Å². The van der Waals surface area contributed by atoms with Gasteiger partial charge in [-0.25, -0.2) is 0 Å². The van der Waals surface area contributed by atoms with Crippen LogP contribution in [0.2, 0.25) is 13.1 Å². The van der Waals surface area contributed by atoms with E-state index in [2.05, 4.69) is 32.2 Å². The van der Waals surface area contributed by atoms with Gasteiger partial charge in [-0.15, -0.1) is 0 Å². The maximum absolute atomic E-state index is 2.41. The van der Waals surface area contributed by atoms with Crippen molar-refractivity contribution in [1.29, 1.82) is 0 Å². The highest BCUT2D eigenvalue weighted by Gasteiger charge is 2.11. The summed E-state index contributed by atoms with van der Waals surface area (Å²) >= 11 is 0. The van der Waals surface area contributed by atoms with Gasteiger partial charge >= 0.3 is 0 Å². The molecule has 56 valence electrons. The first-order valence-electron chi connectivity index (χ1n) is 4.15. The molecule has 10 heavy (non-hydrogen) atoms. The fraction of sp³-hybridized carbons (Fsp3) is 0.556. The van der Waals surface area contributed by atoms with E-state index in [0.717, 1.165) is 0 Å². The first-order chi connectivity index (χ1) is 4.75. The van der Waals surface area contributed by atoms with Crippen molar-refractivity contribution in [3.63, 3.8) is 0 Å². The Labute approximate surface area is 65.3 Å². The van der Waals surface area contributed by atoms with Crippen molar-refractivity contribution >= 4 is 8.80 Å². The smallest absolute Gasteiger partial charge is 0.0646 e. The topological polar surface area (TPSA) is 0 Å². The molecule has 0 spiro atoms. The lowest BCUT2D eigenvalue weighted by Gasteiger charge is -2.08. The van der Waals surface area contributed by atoms with Crippen molar-refractivity contribution in [3.05, 3.63) is 22.9 Å². The van der Waals surface area contributed by atoms with Crippen molar-refractivity contribution in [3.8, 4) is 0 Å². The second-order valence-corrected chi connectivity index (χ2v) is 6.06. The molecule has 0 heterocycles. The Hall–Kier alpha value is -0.303. The minimum Gasteiger partial charge on any atom is -0.0816 e. The largest absolute Gasteiger partial charge is 0.0816 e. The van der Waals surface area contributed by atoms with E-state index in [-0.39, 0.29) is 0 Å². The molecule has 0 unspecified atom stereocenters. The molecule has 0 aliphatic heterocycles. The Bertz CT molecular complexity index is 175. The molecule has 0 saturated heterocycles. The van der Waals surface area contributed by atoms with E-state index < -0.39 is 8.80 Å². The van der Waals surface area contributed by atoms with Crippen molar-refractivity contribution in [2.75, 3.05) is 0 Å². The molecule has 0 aromatic heterocycles. The zero-order valence-electron chi connectivity index (χ0n) is 7.15. The van der Waals surface area contributed by atoms with Crippen molar-refractivity contribution in [2.24, 2.45) is 0 Å². The third-order valence-electron chi connectivity index (χ3n) is 2.08. The van der Waals surface area contributed by atoms with Gasteiger partial charge < -0.3 is 0 Å².